The van der Waals surface area contributed by atoms with Gasteiger partial charge in [-0.3, -0.25) is 0 Å². The highest BCUT2D eigenvalue weighted by Gasteiger charge is 2.26. The van der Waals surface area contributed by atoms with Crippen LogP contribution in [0.25, 0.3) is 21.9 Å². The predicted octanol–water partition coefficient (Wildman–Crippen LogP) is 7.07. The molecule has 0 radical (unpaired) electrons. The molecule has 1 saturated carbocycles. The highest BCUT2D eigenvalue weighted by Crippen LogP contribution is 2.38. The van der Waals surface area contributed by atoms with Gasteiger partial charge in [0.2, 0.25) is 0 Å². The van der Waals surface area contributed by atoms with E-state index in [2.05, 4.69) is 6.92 Å². The fourth-order valence-electron chi connectivity index (χ4n) is 4.71. The van der Waals surface area contributed by atoms with E-state index in [0.29, 0.717) is 23.0 Å². The van der Waals surface area contributed by atoms with Crippen LogP contribution in [-0.4, -0.2) is 6.04 Å². The van der Waals surface area contributed by atoms with Crippen molar-refractivity contribution in [3.8, 4) is 11.1 Å². The van der Waals surface area contributed by atoms with E-state index in [1.165, 1.54) is 18.2 Å². The lowest BCUT2D eigenvalue weighted by atomic mass is 9.75. The molecule has 0 heterocycles. The minimum Gasteiger partial charge on any atom is -0.327 e. The van der Waals surface area contributed by atoms with Crippen LogP contribution in [0.1, 0.15) is 50.5 Å². The number of halogens is 4. The van der Waals surface area contributed by atoms with Gasteiger partial charge in [0.25, 0.3) is 0 Å². The molecule has 5 heteroatoms. The first kappa shape index (κ1) is 20.9. The van der Waals surface area contributed by atoms with Gasteiger partial charge >= 0.3 is 0 Å². The quantitative estimate of drug-likeness (QED) is 0.358. The van der Waals surface area contributed by atoms with E-state index >= 15 is 0 Å². The van der Waals surface area contributed by atoms with Gasteiger partial charge in [0, 0.05) is 17.0 Å². The molecule has 30 heavy (non-hydrogen) atoms. The molecule has 158 valence electrons. The highest BCUT2D eigenvalue weighted by atomic mass is 19.2. The molecular weight excluding hydrogens is 390 g/mol. The lowest BCUT2D eigenvalue weighted by Crippen LogP contribution is -2.32. The monoisotopic (exact) mass is 415 g/mol. The van der Waals surface area contributed by atoms with Crippen LogP contribution in [0, 0.1) is 29.2 Å². The van der Waals surface area contributed by atoms with Gasteiger partial charge in [-0.1, -0.05) is 31.2 Å². The van der Waals surface area contributed by atoms with Gasteiger partial charge < -0.3 is 5.73 Å². The summed E-state index contributed by atoms with van der Waals surface area (Å²) in [6, 6.07) is 10.7. The van der Waals surface area contributed by atoms with Crippen LogP contribution < -0.4 is 5.73 Å². The van der Waals surface area contributed by atoms with E-state index in [4.69, 9.17) is 5.73 Å². The Balaban J connectivity index is 1.59. The van der Waals surface area contributed by atoms with Gasteiger partial charge in [-0.2, -0.15) is 0 Å². The van der Waals surface area contributed by atoms with Crippen molar-refractivity contribution in [2.45, 2.75) is 51.0 Å². The third kappa shape index (κ3) is 3.83. The summed E-state index contributed by atoms with van der Waals surface area (Å²) in [7, 11) is 0. The second kappa shape index (κ2) is 8.38. The molecule has 2 N–H and O–H groups in total. The zero-order valence-electron chi connectivity index (χ0n) is 16.9. The van der Waals surface area contributed by atoms with Crippen molar-refractivity contribution in [1.82, 2.24) is 0 Å². The maximum Gasteiger partial charge on any atom is 0.195 e. The molecule has 0 saturated heterocycles. The lowest BCUT2D eigenvalue weighted by molar-refractivity contribution is 0.277. The minimum atomic E-state index is -1.50. The molecule has 1 nitrogen and oxygen atoms in total. The van der Waals surface area contributed by atoms with Crippen LogP contribution in [0.2, 0.25) is 0 Å². The second-order valence-electron chi connectivity index (χ2n) is 8.35. The number of nitrogens with two attached hydrogens (primary N) is 1. The molecule has 1 atom stereocenters. The van der Waals surface area contributed by atoms with Gasteiger partial charge in [0.1, 0.15) is 5.82 Å². The van der Waals surface area contributed by atoms with E-state index in [0.717, 1.165) is 43.7 Å². The molecule has 0 amide bonds. The summed E-state index contributed by atoms with van der Waals surface area (Å²) in [5.74, 6) is -3.50. The Kier molecular flexibility index (Phi) is 5.83. The average molecular weight is 415 g/mol. The first-order valence-electron chi connectivity index (χ1n) is 10.5. The summed E-state index contributed by atoms with van der Waals surface area (Å²) in [6.07, 6.45) is 5.09. The second-order valence-corrected chi connectivity index (χ2v) is 8.35. The van der Waals surface area contributed by atoms with Crippen LogP contribution >= 0.6 is 0 Å². The molecule has 1 unspecified atom stereocenters. The van der Waals surface area contributed by atoms with Crippen molar-refractivity contribution in [1.29, 1.82) is 0 Å². The van der Waals surface area contributed by atoms with Gasteiger partial charge in [0.15, 0.2) is 17.5 Å². The molecule has 0 spiro atoms. The van der Waals surface area contributed by atoms with Crippen molar-refractivity contribution in [2.75, 3.05) is 0 Å². The summed E-state index contributed by atoms with van der Waals surface area (Å²) < 4.78 is 55.9. The summed E-state index contributed by atoms with van der Waals surface area (Å²) in [5.41, 5.74) is 8.00. The Hall–Kier alpha value is -2.40. The Labute approximate surface area is 173 Å². The molecular formula is C25H25F4N. The zero-order valence-corrected chi connectivity index (χ0v) is 16.9. The number of benzene rings is 3. The number of rotatable bonds is 4. The topological polar surface area (TPSA) is 26.0 Å². The van der Waals surface area contributed by atoms with Crippen molar-refractivity contribution in [3.05, 3.63) is 71.3 Å². The molecule has 3 aromatic carbocycles. The summed E-state index contributed by atoms with van der Waals surface area (Å²) in [4.78, 5) is 0. The molecule has 0 bridgehead atoms. The highest BCUT2D eigenvalue weighted by molar-refractivity contribution is 5.88. The Morgan fingerprint density at radius 1 is 0.867 bits per heavy atom. The van der Waals surface area contributed by atoms with Crippen molar-refractivity contribution < 1.29 is 17.6 Å². The summed E-state index contributed by atoms with van der Waals surface area (Å²) in [5, 5.41) is 0.162. The Bertz CT molecular complexity index is 1070. The summed E-state index contributed by atoms with van der Waals surface area (Å²) >= 11 is 0. The molecule has 1 fully saturated rings. The molecule has 4 rings (SSSR count). The average Bonchev–Trinajstić information content (AvgIpc) is 2.76. The van der Waals surface area contributed by atoms with Crippen LogP contribution in [0.15, 0.2) is 42.5 Å². The van der Waals surface area contributed by atoms with Crippen LogP contribution in [0.3, 0.4) is 0 Å². The summed E-state index contributed by atoms with van der Waals surface area (Å²) in [6.45, 7) is 2.11. The third-order valence-electron chi connectivity index (χ3n) is 6.60. The SMILES string of the molecule is CCC(N)C1CCC(c2ccc(-c3ccc4c(F)c(F)c(F)cc4c3)c(F)c2)CC1. The first-order valence-corrected chi connectivity index (χ1v) is 10.5. The minimum absolute atomic E-state index is 0.0308. The predicted molar refractivity (Wildman–Crippen MR) is 112 cm³/mol. The van der Waals surface area contributed by atoms with E-state index in [-0.39, 0.29) is 22.6 Å². The van der Waals surface area contributed by atoms with E-state index < -0.39 is 17.5 Å². The van der Waals surface area contributed by atoms with Crippen molar-refractivity contribution >= 4 is 10.8 Å². The third-order valence-corrected chi connectivity index (χ3v) is 6.60. The fourth-order valence-corrected chi connectivity index (χ4v) is 4.71. The Morgan fingerprint density at radius 3 is 2.27 bits per heavy atom. The van der Waals surface area contributed by atoms with Gasteiger partial charge in [-0.05, 0) is 78.7 Å². The standard InChI is InChI=1S/C25H25F4N/c1-2-23(30)15-5-3-14(4-6-15)16-7-9-19(21(26)12-16)17-8-10-20-18(11-17)13-22(27)25(29)24(20)28/h7-15,23H,2-6,30H2,1H3. The zero-order chi connectivity index (χ0) is 21.4. The Morgan fingerprint density at radius 2 is 1.60 bits per heavy atom. The number of hydrogen-bond donors (Lipinski definition) is 1. The first-order chi connectivity index (χ1) is 14.4. The molecule has 1 aliphatic carbocycles. The van der Waals surface area contributed by atoms with E-state index in [9.17, 15) is 17.6 Å². The van der Waals surface area contributed by atoms with Gasteiger partial charge in [-0.25, -0.2) is 17.6 Å². The van der Waals surface area contributed by atoms with Crippen molar-refractivity contribution in [2.24, 2.45) is 11.7 Å². The molecule has 3 aromatic rings. The number of hydrogen-bond acceptors (Lipinski definition) is 1. The maximum absolute atomic E-state index is 14.9. The molecule has 1 aliphatic rings. The molecule has 0 aromatic heterocycles. The van der Waals surface area contributed by atoms with Crippen molar-refractivity contribution in [3.63, 3.8) is 0 Å². The maximum atomic E-state index is 14.9. The fraction of sp³-hybridized carbons (Fsp3) is 0.360. The smallest absolute Gasteiger partial charge is 0.195 e. The van der Waals surface area contributed by atoms with Crippen LogP contribution in [0.4, 0.5) is 17.6 Å². The van der Waals surface area contributed by atoms with E-state index in [1.54, 1.807) is 12.1 Å². The van der Waals surface area contributed by atoms with Crippen LogP contribution in [0.5, 0.6) is 0 Å². The van der Waals surface area contributed by atoms with Crippen LogP contribution in [-0.2, 0) is 0 Å². The molecule has 0 aliphatic heterocycles. The normalized spacial score (nSPS) is 20.5. The number of fused-ring (bicyclic) bond motifs is 1. The largest absolute Gasteiger partial charge is 0.327 e. The lowest BCUT2D eigenvalue weighted by Gasteiger charge is -2.32. The van der Waals surface area contributed by atoms with Gasteiger partial charge in [0.05, 0.1) is 0 Å². The van der Waals surface area contributed by atoms with E-state index in [1.807, 2.05) is 6.07 Å². The van der Waals surface area contributed by atoms with Gasteiger partial charge in [-0.15, -0.1) is 0 Å².